The normalized spacial score (nSPS) is 12.9. The summed E-state index contributed by atoms with van der Waals surface area (Å²) in [5.41, 5.74) is 1.04. The van der Waals surface area contributed by atoms with Gasteiger partial charge in [-0.15, -0.1) is 16.4 Å². The molecule has 170 valence electrons. The number of benzene rings is 1. The zero-order chi connectivity index (χ0) is 22.8. The molecule has 4 N–H and O–H groups in total. The van der Waals surface area contributed by atoms with E-state index in [4.69, 9.17) is 5.11 Å². The van der Waals surface area contributed by atoms with E-state index in [9.17, 15) is 14.7 Å². The highest BCUT2D eigenvalue weighted by atomic mass is 32.1. The van der Waals surface area contributed by atoms with Crippen molar-refractivity contribution in [2.75, 3.05) is 6.54 Å². The lowest BCUT2D eigenvalue weighted by Gasteiger charge is -2.19. The van der Waals surface area contributed by atoms with E-state index < -0.39 is 18.1 Å². The molecule has 10 nitrogen and oxygen atoms in total. The zero-order valence-electron chi connectivity index (χ0n) is 17.4. The first-order valence-corrected chi connectivity index (χ1v) is 11.1. The second kappa shape index (κ2) is 12.0. The molecule has 0 radical (unpaired) electrons. The van der Waals surface area contributed by atoms with Crippen molar-refractivity contribution in [2.45, 2.75) is 44.5 Å². The molecule has 0 aliphatic rings. The summed E-state index contributed by atoms with van der Waals surface area (Å²) in [4.78, 5) is 23.9. The Hall–Kier alpha value is -3.15. The van der Waals surface area contributed by atoms with Crippen LogP contribution in [0.5, 0.6) is 0 Å². The van der Waals surface area contributed by atoms with Gasteiger partial charge in [0.1, 0.15) is 6.04 Å². The van der Waals surface area contributed by atoms with E-state index in [0.29, 0.717) is 31.8 Å². The van der Waals surface area contributed by atoms with E-state index in [1.54, 1.807) is 4.68 Å². The average Bonchev–Trinajstić information content (AvgIpc) is 3.46. The smallest absolute Gasteiger partial charge is 0.306 e. The van der Waals surface area contributed by atoms with Crippen molar-refractivity contribution >= 4 is 23.2 Å². The van der Waals surface area contributed by atoms with Gasteiger partial charge in [-0.3, -0.25) is 9.59 Å². The third-order valence-corrected chi connectivity index (χ3v) is 5.66. The molecule has 2 unspecified atom stereocenters. The lowest BCUT2D eigenvalue weighted by Crippen LogP contribution is -2.33. The summed E-state index contributed by atoms with van der Waals surface area (Å²) < 4.78 is 1.63. The topological polar surface area (TPSA) is 142 Å². The number of tetrazole rings is 1. The molecule has 1 aromatic carbocycles. The fourth-order valence-electron chi connectivity index (χ4n) is 3.15. The standard InChI is InChI=1S/C21H26N6O4S/c28-16(12-19(30)31)14-23-20(17-8-5-11-32-17)21-24-25-26-27(21)10-4-9-18(29)22-13-15-6-2-1-3-7-15/h1-3,5-8,11,16,20,23,28H,4,9-10,12-14H2,(H,22,29)(H,30,31). The van der Waals surface area contributed by atoms with Crippen LogP contribution in [-0.4, -0.2) is 54.9 Å². The molecule has 2 aromatic heterocycles. The molecule has 32 heavy (non-hydrogen) atoms. The second-order valence-corrected chi connectivity index (χ2v) is 8.21. The van der Waals surface area contributed by atoms with Crippen LogP contribution in [0.4, 0.5) is 0 Å². The Bertz CT molecular complexity index is 979. The molecule has 0 saturated carbocycles. The Morgan fingerprint density at radius 3 is 2.69 bits per heavy atom. The number of aliphatic carboxylic acids is 1. The lowest BCUT2D eigenvalue weighted by molar-refractivity contribution is -0.139. The predicted octanol–water partition coefficient (Wildman–Crippen LogP) is 1.35. The van der Waals surface area contributed by atoms with Gasteiger partial charge in [-0.1, -0.05) is 36.4 Å². The van der Waals surface area contributed by atoms with Crippen molar-refractivity contribution in [3.8, 4) is 0 Å². The highest BCUT2D eigenvalue weighted by Gasteiger charge is 2.23. The van der Waals surface area contributed by atoms with Gasteiger partial charge >= 0.3 is 5.97 Å². The Balaban J connectivity index is 1.55. The first-order chi connectivity index (χ1) is 15.5. The summed E-state index contributed by atoms with van der Waals surface area (Å²) in [7, 11) is 0. The summed E-state index contributed by atoms with van der Waals surface area (Å²) in [5.74, 6) is -0.574. The summed E-state index contributed by atoms with van der Waals surface area (Å²) in [6.45, 7) is 1.00. The minimum atomic E-state index is -1.07. The Morgan fingerprint density at radius 1 is 1.16 bits per heavy atom. The van der Waals surface area contributed by atoms with Crippen molar-refractivity contribution in [1.82, 2.24) is 30.8 Å². The lowest BCUT2D eigenvalue weighted by atomic mass is 10.2. The molecule has 0 bridgehead atoms. The third-order valence-electron chi connectivity index (χ3n) is 4.72. The summed E-state index contributed by atoms with van der Waals surface area (Å²) in [5, 5.41) is 38.7. The van der Waals surface area contributed by atoms with Crippen LogP contribution in [0.25, 0.3) is 0 Å². The fraction of sp³-hybridized carbons (Fsp3) is 0.381. The molecule has 11 heteroatoms. The molecule has 0 fully saturated rings. The number of carbonyl (C=O) groups excluding carboxylic acids is 1. The van der Waals surface area contributed by atoms with Crippen LogP contribution in [0.2, 0.25) is 0 Å². The van der Waals surface area contributed by atoms with Gasteiger partial charge in [0, 0.05) is 30.9 Å². The maximum absolute atomic E-state index is 12.2. The number of carboxylic acid groups (broad SMARTS) is 1. The number of aliphatic hydroxyl groups is 1. The van der Waals surface area contributed by atoms with E-state index in [1.807, 2.05) is 47.8 Å². The first kappa shape index (κ1) is 23.5. The Kier molecular flexibility index (Phi) is 8.84. The maximum atomic E-state index is 12.2. The molecule has 1 amide bonds. The van der Waals surface area contributed by atoms with Crippen molar-refractivity contribution in [3.63, 3.8) is 0 Å². The van der Waals surface area contributed by atoms with E-state index in [-0.39, 0.29) is 18.9 Å². The number of rotatable bonds is 13. The zero-order valence-corrected chi connectivity index (χ0v) is 18.2. The van der Waals surface area contributed by atoms with Crippen LogP contribution in [0, 0.1) is 0 Å². The van der Waals surface area contributed by atoms with Gasteiger partial charge in [-0.25, -0.2) is 4.68 Å². The Labute approximate surface area is 189 Å². The van der Waals surface area contributed by atoms with E-state index in [0.717, 1.165) is 10.4 Å². The minimum Gasteiger partial charge on any atom is -0.481 e. The number of nitrogens with zero attached hydrogens (tertiary/aromatic N) is 4. The predicted molar refractivity (Wildman–Crippen MR) is 118 cm³/mol. The maximum Gasteiger partial charge on any atom is 0.306 e. The number of carboxylic acids is 1. The quantitative estimate of drug-likeness (QED) is 0.301. The van der Waals surface area contributed by atoms with Crippen LogP contribution < -0.4 is 10.6 Å². The van der Waals surface area contributed by atoms with E-state index >= 15 is 0 Å². The Morgan fingerprint density at radius 2 is 1.97 bits per heavy atom. The van der Waals surface area contributed by atoms with Crippen LogP contribution in [0.15, 0.2) is 47.8 Å². The number of hydrogen-bond acceptors (Lipinski definition) is 8. The third kappa shape index (κ3) is 7.22. The number of carbonyl (C=O) groups is 2. The molecular formula is C21H26N6O4S. The number of aryl methyl sites for hydroxylation is 1. The van der Waals surface area contributed by atoms with E-state index in [1.165, 1.54) is 11.3 Å². The molecule has 0 saturated heterocycles. The number of amides is 1. The van der Waals surface area contributed by atoms with Crippen LogP contribution >= 0.6 is 11.3 Å². The SMILES string of the molecule is O=C(O)CC(O)CNC(c1cccs1)c1nnnn1CCCC(=O)NCc1ccccc1. The second-order valence-electron chi connectivity index (χ2n) is 7.23. The molecule has 3 aromatic rings. The minimum absolute atomic E-state index is 0.0480. The van der Waals surface area contributed by atoms with Gasteiger partial charge in [0.05, 0.1) is 12.5 Å². The number of nitrogens with one attached hydrogen (secondary N) is 2. The number of hydrogen-bond donors (Lipinski definition) is 4. The number of thiophene rings is 1. The molecule has 0 aliphatic heterocycles. The number of aliphatic hydroxyl groups excluding tert-OH is 1. The van der Waals surface area contributed by atoms with Gasteiger partial charge in [-0.05, 0) is 33.9 Å². The van der Waals surface area contributed by atoms with Gasteiger partial charge in [0.25, 0.3) is 0 Å². The summed E-state index contributed by atoms with van der Waals surface area (Å²) in [6, 6.07) is 13.1. The van der Waals surface area contributed by atoms with Crippen molar-refractivity contribution in [2.24, 2.45) is 0 Å². The monoisotopic (exact) mass is 458 g/mol. The summed E-state index contributed by atoms with van der Waals surface area (Å²) >= 11 is 1.50. The van der Waals surface area contributed by atoms with Crippen molar-refractivity contribution < 1.29 is 19.8 Å². The largest absolute Gasteiger partial charge is 0.481 e. The first-order valence-electron chi connectivity index (χ1n) is 10.3. The van der Waals surface area contributed by atoms with Gasteiger partial charge in [-0.2, -0.15) is 0 Å². The molecule has 2 heterocycles. The molecule has 3 rings (SSSR count). The molecule has 0 aliphatic carbocycles. The molecule has 0 spiro atoms. The van der Waals surface area contributed by atoms with Crippen LogP contribution in [0.1, 0.15) is 41.6 Å². The van der Waals surface area contributed by atoms with E-state index in [2.05, 4.69) is 26.2 Å². The highest BCUT2D eigenvalue weighted by Crippen LogP contribution is 2.24. The van der Waals surface area contributed by atoms with Crippen molar-refractivity contribution in [3.05, 3.63) is 64.1 Å². The molecule has 2 atom stereocenters. The van der Waals surface area contributed by atoms with Gasteiger partial charge in [0.2, 0.25) is 5.91 Å². The van der Waals surface area contributed by atoms with Gasteiger partial charge < -0.3 is 20.8 Å². The van der Waals surface area contributed by atoms with Crippen LogP contribution in [0.3, 0.4) is 0 Å². The van der Waals surface area contributed by atoms with Crippen molar-refractivity contribution in [1.29, 1.82) is 0 Å². The van der Waals surface area contributed by atoms with Crippen LogP contribution in [-0.2, 0) is 22.7 Å². The van der Waals surface area contributed by atoms with Gasteiger partial charge in [0.15, 0.2) is 5.82 Å². The molecular weight excluding hydrogens is 432 g/mol. The average molecular weight is 459 g/mol. The fourth-order valence-corrected chi connectivity index (χ4v) is 3.95. The highest BCUT2D eigenvalue weighted by molar-refractivity contribution is 7.10. The summed E-state index contributed by atoms with van der Waals surface area (Å²) in [6.07, 6.45) is -0.502. The number of aromatic nitrogens is 4.